The van der Waals surface area contributed by atoms with Crippen LogP contribution in [0.4, 0.5) is 19.0 Å². The fourth-order valence-electron chi connectivity index (χ4n) is 1.95. The lowest BCUT2D eigenvalue weighted by atomic mass is 9.95. The van der Waals surface area contributed by atoms with E-state index in [1.165, 1.54) is 30.5 Å². The highest BCUT2D eigenvalue weighted by Crippen LogP contribution is 2.38. The Morgan fingerprint density at radius 1 is 1.20 bits per heavy atom. The molecule has 0 atom stereocenters. The number of nitrogens with two attached hydrogens (primary N) is 1. The highest BCUT2D eigenvalue weighted by molar-refractivity contribution is 5.72. The summed E-state index contributed by atoms with van der Waals surface area (Å²) in [6, 6.07) is 8.53. The SMILES string of the molecule is N#CCc1cc(N)ncc1-c1ccccc1C(F)(F)F. The molecular formula is C14H10F3N3. The first-order valence-electron chi connectivity index (χ1n) is 5.71. The largest absolute Gasteiger partial charge is 0.417 e. The summed E-state index contributed by atoms with van der Waals surface area (Å²) >= 11 is 0. The van der Waals surface area contributed by atoms with Gasteiger partial charge in [0.25, 0.3) is 0 Å². The fraction of sp³-hybridized carbons (Fsp3) is 0.143. The van der Waals surface area contributed by atoms with Crippen molar-refractivity contribution < 1.29 is 13.2 Å². The number of nitrogen functional groups attached to an aromatic ring is 1. The lowest BCUT2D eigenvalue weighted by Crippen LogP contribution is -2.08. The molecule has 2 N–H and O–H groups in total. The molecule has 0 fully saturated rings. The Morgan fingerprint density at radius 3 is 2.55 bits per heavy atom. The number of pyridine rings is 1. The highest BCUT2D eigenvalue weighted by Gasteiger charge is 2.33. The van der Waals surface area contributed by atoms with Gasteiger partial charge < -0.3 is 5.73 Å². The molecule has 0 unspecified atom stereocenters. The molecule has 0 bridgehead atoms. The van der Waals surface area contributed by atoms with E-state index in [0.717, 1.165) is 6.07 Å². The van der Waals surface area contributed by atoms with E-state index >= 15 is 0 Å². The Bertz CT molecular complexity index is 672. The maximum absolute atomic E-state index is 13.0. The van der Waals surface area contributed by atoms with Crippen molar-refractivity contribution in [3.05, 3.63) is 47.7 Å². The van der Waals surface area contributed by atoms with E-state index in [0.29, 0.717) is 5.56 Å². The molecule has 2 aromatic rings. The van der Waals surface area contributed by atoms with Crippen molar-refractivity contribution in [2.45, 2.75) is 12.6 Å². The quantitative estimate of drug-likeness (QED) is 0.914. The average Bonchev–Trinajstić information content (AvgIpc) is 2.38. The average molecular weight is 277 g/mol. The van der Waals surface area contributed by atoms with E-state index in [1.807, 2.05) is 6.07 Å². The van der Waals surface area contributed by atoms with Gasteiger partial charge in [0.15, 0.2) is 0 Å². The third-order valence-corrected chi connectivity index (χ3v) is 2.80. The number of nitriles is 1. The van der Waals surface area contributed by atoms with E-state index in [1.54, 1.807) is 0 Å². The molecule has 1 aromatic carbocycles. The van der Waals surface area contributed by atoms with Crippen LogP contribution in [-0.2, 0) is 12.6 Å². The van der Waals surface area contributed by atoms with Crippen molar-refractivity contribution >= 4 is 5.82 Å². The maximum Gasteiger partial charge on any atom is 0.417 e. The number of benzene rings is 1. The topological polar surface area (TPSA) is 62.7 Å². The number of anilines is 1. The van der Waals surface area contributed by atoms with E-state index in [-0.39, 0.29) is 23.4 Å². The molecule has 0 amide bonds. The van der Waals surface area contributed by atoms with Crippen LogP contribution >= 0.6 is 0 Å². The molecule has 0 radical (unpaired) electrons. The molecular weight excluding hydrogens is 267 g/mol. The maximum atomic E-state index is 13.0. The first kappa shape index (κ1) is 13.9. The van der Waals surface area contributed by atoms with Gasteiger partial charge in [0.05, 0.1) is 18.1 Å². The van der Waals surface area contributed by atoms with Crippen molar-refractivity contribution in [2.75, 3.05) is 5.73 Å². The lowest BCUT2D eigenvalue weighted by molar-refractivity contribution is -0.137. The Labute approximate surface area is 113 Å². The summed E-state index contributed by atoms with van der Waals surface area (Å²) in [5.41, 5.74) is 5.46. The number of nitrogens with zero attached hydrogens (tertiary/aromatic N) is 2. The first-order chi connectivity index (χ1) is 9.43. The Morgan fingerprint density at radius 2 is 1.90 bits per heavy atom. The zero-order valence-electron chi connectivity index (χ0n) is 10.3. The summed E-state index contributed by atoms with van der Waals surface area (Å²) in [5, 5.41) is 8.78. The van der Waals surface area contributed by atoms with Crippen LogP contribution in [0.3, 0.4) is 0 Å². The van der Waals surface area contributed by atoms with Crippen LogP contribution < -0.4 is 5.73 Å². The normalized spacial score (nSPS) is 11.1. The molecule has 3 nitrogen and oxygen atoms in total. The second-order valence-electron chi connectivity index (χ2n) is 4.14. The smallest absolute Gasteiger partial charge is 0.384 e. The predicted molar refractivity (Wildman–Crippen MR) is 68.4 cm³/mol. The van der Waals surface area contributed by atoms with E-state index < -0.39 is 11.7 Å². The van der Waals surface area contributed by atoms with Gasteiger partial charge in [-0.15, -0.1) is 0 Å². The summed E-state index contributed by atoms with van der Waals surface area (Å²) in [6.07, 6.45) is -3.23. The minimum Gasteiger partial charge on any atom is -0.384 e. The number of hydrogen-bond donors (Lipinski definition) is 1. The number of rotatable bonds is 2. The van der Waals surface area contributed by atoms with Crippen molar-refractivity contribution in [1.29, 1.82) is 5.26 Å². The van der Waals surface area contributed by atoms with Crippen molar-refractivity contribution in [2.24, 2.45) is 0 Å². The fourth-order valence-corrected chi connectivity index (χ4v) is 1.95. The van der Waals surface area contributed by atoms with Crippen LogP contribution in [0.2, 0.25) is 0 Å². The Kier molecular flexibility index (Phi) is 3.61. The molecule has 0 aliphatic rings. The van der Waals surface area contributed by atoms with Gasteiger partial charge in [0, 0.05) is 11.8 Å². The number of halogens is 3. The molecule has 6 heteroatoms. The van der Waals surface area contributed by atoms with Gasteiger partial charge in [0.2, 0.25) is 0 Å². The van der Waals surface area contributed by atoms with Gasteiger partial charge in [-0.05, 0) is 23.3 Å². The standard InChI is InChI=1S/C14H10F3N3/c15-14(16,17)12-4-2-1-3-10(12)11-8-20-13(19)7-9(11)5-6-18/h1-4,7-8H,5H2,(H2,19,20). The van der Waals surface area contributed by atoms with Gasteiger partial charge in [-0.1, -0.05) is 18.2 Å². The van der Waals surface area contributed by atoms with Gasteiger partial charge >= 0.3 is 6.18 Å². The minimum absolute atomic E-state index is 0.00208. The lowest BCUT2D eigenvalue weighted by Gasteiger charge is -2.14. The van der Waals surface area contributed by atoms with Crippen LogP contribution in [0.25, 0.3) is 11.1 Å². The summed E-state index contributed by atoms with van der Waals surface area (Å²) in [6.45, 7) is 0. The van der Waals surface area contributed by atoms with Crippen LogP contribution in [0.15, 0.2) is 36.5 Å². The van der Waals surface area contributed by atoms with Crippen LogP contribution in [-0.4, -0.2) is 4.98 Å². The van der Waals surface area contributed by atoms with Crippen LogP contribution in [0.5, 0.6) is 0 Å². The molecule has 2 rings (SSSR count). The highest BCUT2D eigenvalue weighted by atomic mass is 19.4. The molecule has 0 saturated heterocycles. The second kappa shape index (κ2) is 5.21. The zero-order valence-corrected chi connectivity index (χ0v) is 10.3. The molecule has 102 valence electrons. The summed E-state index contributed by atoms with van der Waals surface area (Å²) in [4.78, 5) is 3.82. The molecule has 0 aliphatic heterocycles. The summed E-state index contributed by atoms with van der Waals surface area (Å²) < 4.78 is 39.1. The molecule has 0 aliphatic carbocycles. The van der Waals surface area contributed by atoms with Crippen molar-refractivity contribution in [3.63, 3.8) is 0 Å². The van der Waals surface area contributed by atoms with Gasteiger partial charge in [-0.25, -0.2) is 4.98 Å². The van der Waals surface area contributed by atoms with Gasteiger partial charge in [-0.2, -0.15) is 18.4 Å². The zero-order chi connectivity index (χ0) is 14.8. The van der Waals surface area contributed by atoms with Crippen molar-refractivity contribution in [3.8, 4) is 17.2 Å². The molecule has 0 spiro atoms. The number of hydrogen-bond acceptors (Lipinski definition) is 3. The Balaban J connectivity index is 2.67. The third kappa shape index (κ3) is 2.72. The summed E-state index contributed by atoms with van der Waals surface area (Å²) in [7, 11) is 0. The van der Waals surface area contributed by atoms with Crippen molar-refractivity contribution in [1.82, 2.24) is 4.98 Å². The molecule has 1 heterocycles. The van der Waals surface area contributed by atoms with E-state index in [9.17, 15) is 13.2 Å². The molecule has 0 saturated carbocycles. The molecule has 1 aromatic heterocycles. The molecule has 20 heavy (non-hydrogen) atoms. The second-order valence-corrected chi connectivity index (χ2v) is 4.14. The van der Waals surface area contributed by atoms with Crippen LogP contribution in [0, 0.1) is 11.3 Å². The first-order valence-corrected chi connectivity index (χ1v) is 5.71. The predicted octanol–water partition coefficient (Wildman–Crippen LogP) is 3.42. The van der Waals surface area contributed by atoms with Gasteiger partial charge in [-0.3, -0.25) is 0 Å². The monoisotopic (exact) mass is 277 g/mol. The number of aromatic nitrogens is 1. The summed E-state index contributed by atoms with van der Waals surface area (Å²) in [5.74, 6) is 0.170. The van der Waals surface area contributed by atoms with Gasteiger partial charge in [0.1, 0.15) is 5.82 Å². The van der Waals surface area contributed by atoms with Crippen LogP contribution in [0.1, 0.15) is 11.1 Å². The van der Waals surface area contributed by atoms with E-state index in [2.05, 4.69) is 4.98 Å². The Hall–Kier alpha value is -2.55. The minimum atomic E-state index is -4.47. The third-order valence-electron chi connectivity index (χ3n) is 2.80. The van der Waals surface area contributed by atoms with E-state index in [4.69, 9.17) is 11.0 Å². The number of alkyl halides is 3.